The molecule has 1 heterocycles. The second kappa shape index (κ2) is 8.98. The predicted octanol–water partition coefficient (Wildman–Crippen LogP) is 1.29. The average molecular weight is 371 g/mol. The van der Waals surface area contributed by atoms with Gasteiger partial charge < -0.3 is 10.1 Å². The van der Waals surface area contributed by atoms with Crippen LogP contribution in [-0.2, 0) is 14.3 Å². The molecule has 8 heteroatoms. The van der Waals surface area contributed by atoms with Gasteiger partial charge >= 0.3 is 5.97 Å². The normalized spacial score (nSPS) is 14.3. The number of hydrogen-bond donors (Lipinski definition) is 1. The zero-order chi connectivity index (χ0) is 20.0. The van der Waals surface area contributed by atoms with Crippen molar-refractivity contribution in [1.82, 2.24) is 15.3 Å². The molecule has 142 valence electrons. The Morgan fingerprint density at radius 3 is 2.52 bits per heavy atom. The van der Waals surface area contributed by atoms with Crippen LogP contribution in [-0.4, -0.2) is 46.6 Å². The number of fused-ring (bicyclic) bond motifs is 1. The van der Waals surface area contributed by atoms with Crippen molar-refractivity contribution in [2.24, 2.45) is 11.8 Å². The molecule has 1 aromatic rings. The highest BCUT2D eigenvalue weighted by molar-refractivity contribution is 6.24. The largest absolute Gasteiger partial charge is 0.463 e. The van der Waals surface area contributed by atoms with Crippen LogP contribution in [0.4, 0.5) is 0 Å². The Hall–Kier alpha value is -3.16. The molecule has 0 bridgehead atoms. The monoisotopic (exact) mass is 371 g/mol. The fourth-order valence-corrected chi connectivity index (χ4v) is 2.68. The second-order valence-electron chi connectivity index (χ2n) is 6.39. The fraction of sp³-hybridized carbons (Fsp3) is 0.368. The molecule has 1 aromatic heterocycles. The molecule has 1 aliphatic carbocycles. The van der Waals surface area contributed by atoms with E-state index < -0.39 is 23.5 Å². The van der Waals surface area contributed by atoms with Gasteiger partial charge in [0.1, 0.15) is 18.0 Å². The van der Waals surface area contributed by atoms with Crippen molar-refractivity contribution in [2.45, 2.75) is 20.3 Å². The van der Waals surface area contributed by atoms with E-state index in [0.29, 0.717) is 6.42 Å². The number of ether oxygens (including phenoxy) is 1. The van der Waals surface area contributed by atoms with E-state index in [4.69, 9.17) is 4.74 Å². The Bertz CT molecular complexity index is 813. The summed E-state index contributed by atoms with van der Waals surface area (Å²) in [6.45, 7) is 7.18. The lowest BCUT2D eigenvalue weighted by molar-refractivity contribution is -0.147. The summed E-state index contributed by atoms with van der Waals surface area (Å²) >= 11 is 0. The van der Waals surface area contributed by atoms with Crippen LogP contribution in [0.2, 0.25) is 0 Å². The lowest BCUT2D eigenvalue weighted by Gasteiger charge is -2.22. The predicted molar refractivity (Wildman–Crippen MR) is 95.9 cm³/mol. The summed E-state index contributed by atoms with van der Waals surface area (Å²) in [6.07, 6.45) is 5.25. The highest BCUT2D eigenvalue weighted by atomic mass is 16.5. The number of nitrogens with zero attached hydrogens (tertiary/aromatic N) is 2. The van der Waals surface area contributed by atoms with E-state index in [9.17, 15) is 19.2 Å². The first-order valence-electron chi connectivity index (χ1n) is 8.53. The number of esters is 1. The molecule has 0 saturated heterocycles. The first-order valence-corrected chi connectivity index (χ1v) is 8.53. The summed E-state index contributed by atoms with van der Waals surface area (Å²) in [7, 11) is 0. The van der Waals surface area contributed by atoms with E-state index in [1.165, 1.54) is 12.4 Å². The molecule has 1 N–H and O–H groups in total. The summed E-state index contributed by atoms with van der Waals surface area (Å²) in [5, 5.41) is 2.49. The average Bonchev–Trinajstić information content (AvgIpc) is 2.65. The standard InChI is InChI=1S/C19H21N3O5/c1-4-15(24)20-7-8-27-19(26)13(9-11(2)3)12-10-14(23)16-17(18(12)25)22-6-5-21-16/h4-6,10-11,13H,1,7-9H2,2-3H3,(H,20,24). The number of aromatic nitrogens is 2. The summed E-state index contributed by atoms with van der Waals surface area (Å²) in [5.41, 5.74) is -0.0170. The van der Waals surface area contributed by atoms with Crippen LogP contribution in [0.1, 0.15) is 41.2 Å². The van der Waals surface area contributed by atoms with Crippen molar-refractivity contribution >= 4 is 23.4 Å². The van der Waals surface area contributed by atoms with Gasteiger partial charge in [0, 0.05) is 18.0 Å². The minimum absolute atomic E-state index is 0.0185. The third-order valence-electron chi connectivity index (χ3n) is 3.89. The minimum Gasteiger partial charge on any atom is -0.463 e. The molecule has 0 aromatic carbocycles. The van der Waals surface area contributed by atoms with Crippen molar-refractivity contribution in [3.8, 4) is 0 Å². The Morgan fingerprint density at radius 2 is 1.89 bits per heavy atom. The van der Waals surface area contributed by atoms with Crippen LogP contribution in [0.25, 0.3) is 0 Å². The lowest BCUT2D eigenvalue weighted by atomic mass is 9.83. The van der Waals surface area contributed by atoms with Gasteiger partial charge in [-0.2, -0.15) is 0 Å². The second-order valence-corrected chi connectivity index (χ2v) is 6.39. The molecule has 0 spiro atoms. The number of amides is 1. The number of hydrogen-bond acceptors (Lipinski definition) is 7. The van der Waals surface area contributed by atoms with E-state index in [2.05, 4.69) is 21.9 Å². The third kappa shape index (κ3) is 4.93. The first kappa shape index (κ1) is 20.2. The van der Waals surface area contributed by atoms with Crippen molar-refractivity contribution < 1.29 is 23.9 Å². The third-order valence-corrected chi connectivity index (χ3v) is 3.89. The number of carbonyl (C=O) groups excluding carboxylic acids is 4. The van der Waals surface area contributed by atoms with Crippen LogP contribution in [0, 0.1) is 11.8 Å². The molecule has 2 rings (SSSR count). The zero-order valence-corrected chi connectivity index (χ0v) is 15.2. The van der Waals surface area contributed by atoms with Gasteiger partial charge in [-0.3, -0.25) is 19.2 Å². The van der Waals surface area contributed by atoms with E-state index >= 15 is 0 Å². The van der Waals surface area contributed by atoms with Crippen molar-refractivity contribution in [3.63, 3.8) is 0 Å². The fourth-order valence-electron chi connectivity index (χ4n) is 2.68. The molecule has 1 amide bonds. The maximum Gasteiger partial charge on any atom is 0.313 e. The Labute approximate surface area is 156 Å². The van der Waals surface area contributed by atoms with E-state index in [1.54, 1.807) is 0 Å². The highest BCUT2D eigenvalue weighted by Crippen LogP contribution is 2.28. The summed E-state index contributed by atoms with van der Waals surface area (Å²) in [5.74, 6) is -2.79. The maximum atomic E-state index is 12.7. The van der Waals surface area contributed by atoms with Gasteiger partial charge in [-0.25, -0.2) is 9.97 Å². The van der Waals surface area contributed by atoms with Crippen LogP contribution < -0.4 is 5.32 Å². The van der Waals surface area contributed by atoms with Gasteiger partial charge in [0.15, 0.2) is 0 Å². The van der Waals surface area contributed by atoms with Gasteiger partial charge in [0.25, 0.3) is 0 Å². The van der Waals surface area contributed by atoms with E-state index in [1.807, 2.05) is 13.8 Å². The molecule has 1 unspecified atom stereocenters. The van der Waals surface area contributed by atoms with Crippen LogP contribution in [0.3, 0.4) is 0 Å². The smallest absolute Gasteiger partial charge is 0.313 e. The van der Waals surface area contributed by atoms with Crippen LogP contribution >= 0.6 is 0 Å². The molecular weight excluding hydrogens is 350 g/mol. The molecule has 0 radical (unpaired) electrons. The van der Waals surface area contributed by atoms with Crippen LogP contribution in [0.5, 0.6) is 0 Å². The lowest BCUT2D eigenvalue weighted by Crippen LogP contribution is -2.32. The summed E-state index contributed by atoms with van der Waals surface area (Å²) < 4.78 is 5.20. The van der Waals surface area contributed by atoms with Crippen molar-refractivity contribution in [2.75, 3.05) is 13.2 Å². The molecule has 0 fully saturated rings. The van der Waals surface area contributed by atoms with Gasteiger partial charge in [0.05, 0.1) is 12.5 Å². The Morgan fingerprint density at radius 1 is 1.22 bits per heavy atom. The molecular formula is C19H21N3O5. The number of allylic oxidation sites excluding steroid dienone is 1. The number of nitrogens with one attached hydrogen (secondary N) is 1. The highest BCUT2D eigenvalue weighted by Gasteiger charge is 2.36. The summed E-state index contributed by atoms with van der Waals surface area (Å²) in [4.78, 5) is 56.5. The van der Waals surface area contributed by atoms with Gasteiger partial charge in [-0.15, -0.1) is 0 Å². The minimum atomic E-state index is -0.897. The van der Waals surface area contributed by atoms with E-state index in [-0.39, 0.29) is 41.9 Å². The molecule has 0 aliphatic heterocycles. The van der Waals surface area contributed by atoms with Crippen molar-refractivity contribution in [1.29, 1.82) is 0 Å². The van der Waals surface area contributed by atoms with Gasteiger partial charge in [0.2, 0.25) is 17.5 Å². The zero-order valence-electron chi connectivity index (χ0n) is 15.2. The number of carbonyl (C=O) groups is 4. The number of Topliss-reactive ketones (excluding diaryl/α,β-unsaturated/α-hetero) is 1. The number of ketones is 2. The van der Waals surface area contributed by atoms with Gasteiger partial charge in [-0.1, -0.05) is 20.4 Å². The first-order chi connectivity index (χ1) is 12.8. The number of rotatable bonds is 8. The Balaban J connectivity index is 2.17. The molecule has 27 heavy (non-hydrogen) atoms. The molecule has 0 saturated carbocycles. The molecule has 8 nitrogen and oxygen atoms in total. The quantitative estimate of drug-likeness (QED) is 0.416. The SMILES string of the molecule is C=CC(=O)NCCOC(=O)C(CC(C)C)C1=CC(=O)c2nccnc2C1=O. The van der Waals surface area contributed by atoms with Crippen LogP contribution in [0.15, 0.2) is 36.7 Å². The van der Waals surface area contributed by atoms with E-state index in [0.717, 1.165) is 12.2 Å². The maximum absolute atomic E-state index is 12.7. The van der Waals surface area contributed by atoms with Crippen molar-refractivity contribution in [3.05, 3.63) is 48.1 Å². The Kier molecular flexibility index (Phi) is 6.70. The topological polar surface area (TPSA) is 115 Å². The molecule has 1 aliphatic rings. The summed E-state index contributed by atoms with van der Waals surface area (Å²) in [6, 6.07) is 0. The van der Waals surface area contributed by atoms with Gasteiger partial charge in [-0.05, 0) is 24.5 Å². The molecule has 1 atom stereocenters.